The fourth-order valence-corrected chi connectivity index (χ4v) is 2.41. The minimum Gasteiger partial charge on any atom is -0.494 e. The first-order valence-electron chi connectivity index (χ1n) is 5.68. The van der Waals surface area contributed by atoms with E-state index in [2.05, 4.69) is 10.3 Å². The lowest BCUT2D eigenvalue weighted by atomic mass is 10.1. The largest absolute Gasteiger partial charge is 0.494 e. The molecule has 18 heavy (non-hydrogen) atoms. The number of ether oxygens (including phenoxy) is 1. The van der Waals surface area contributed by atoms with Gasteiger partial charge in [-0.25, -0.2) is 4.98 Å². The van der Waals surface area contributed by atoms with Gasteiger partial charge in [-0.1, -0.05) is 6.07 Å². The van der Waals surface area contributed by atoms with E-state index in [1.54, 1.807) is 29.9 Å². The third-order valence-corrected chi connectivity index (χ3v) is 3.46. The Hall–Kier alpha value is -1.59. The second-order valence-corrected chi connectivity index (χ2v) is 4.56. The van der Waals surface area contributed by atoms with Crippen LogP contribution in [-0.4, -0.2) is 29.8 Å². The number of nitrogens with zero attached hydrogens (tertiary/aromatic N) is 2. The fraction of sp³-hybridized carbons (Fsp3) is 0.333. The molecule has 94 valence electrons. The second kappa shape index (κ2) is 4.26. The lowest BCUT2D eigenvalue weighted by Gasteiger charge is -2.29. The molecule has 1 aromatic carbocycles. The summed E-state index contributed by atoms with van der Waals surface area (Å²) in [6.07, 6.45) is 0. The Morgan fingerprint density at radius 3 is 2.89 bits per heavy atom. The highest BCUT2D eigenvalue weighted by atomic mass is 35.5. The molecule has 0 bridgehead atoms. The molecule has 1 saturated heterocycles. The average Bonchev–Trinajstić information content (AvgIpc) is 2.31. The van der Waals surface area contributed by atoms with Gasteiger partial charge in [0, 0.05) is 13.1 Å². The number of para-hydroxylation sites is 1. The summed E-state index contributed by atoms with van der Waals surface area (Å²) >= 11 is 6.11. The topological polar surface area (TPSA) is 56.1 Å². The number of methoxy groups -OCH3 is 1. The number of hydrogen-bond acceptors (Lipinski definition) is 4. The van der Waals surface area contributed by atoms with Crippen LogP contribution in [0.3, 0.4) is 0 Å². The van der Waals surface area contributed by atoms with E-state index in [1.165, 1.54) is 0 Å². The van der Waals surface area contributed by atoms with Crippen LogP contribution in [-0.2, 0) is 0 Å². The number of halogens is 1. The Morgan fingerprint density at radius 2 is 2.28 bits per heavy atom. The minimum atomic E-state index is -0.115. The van der Waals surface area contributed by atoms with Crippen LogP contribution in [0.15, 0.2) is 23.0 Å². The smallest absolute Gasteiger partial charge is 0.262 e. The first kappa shape index (κ1) is 11.5. The molecule has 0 atom stereocenters. The van der Waals surface area contributed by atoms with E-state index in [9.17, 15) is 4.79 Å². The Balaban J connectivity index is 2.32. The lowest BCUT2D eigenvalue weighted by molar-refractivity contribution is 0.335. The van der Waals surface area contributed by atoms with Crippen LogP contribution < -0.4 is 15.6 Å². The number of nitrogens with one attached hydrogen (secondary N) is 1. The molecule has 2 heterocycles. The molecule has 1 aliphatic rings. The SMILES string of the molecule is COc1cccc2c(=O)n(C3CNC3)c(Cl)nc12. The van der Waals surface area contributed by atoms with Crippen LogP contribution in [0.5, 0.6) is 5.75 Å². The number of aromatic nitrogens is 2. The molecule has 2 aromatic rings. The maximum Gasteiger partial charge on any atom is 0.262 e. The number of benzene rings is 1. The Kier molecular flexibility index (Phi) is 2.72. The van der Waals surface area contributed by atoms with E-state index in [0.717, 1.165) is 13.1 Å². The van der Waals surface area contributed by atoms with Gasteiger partial charge in [0.25, 0.3) is 5.56 Å². The van der Waals surface area contributed by atoms with Crippen LogP contribution in [0.1, 0.15) is 6.04 Å². The average molecular weight is 266 g/mol. The van der Waals surface area contributed by atoms with Gasteiger partial charge < -0.3 is 10.1 Å². The van der Waals surface area contributed by atoms with Crippen molar-refractivity contribution in [2.75, 3.05) is 20.2 Å². The maximum atomic E-state index is 12.4. The number of hydrogen-bond donors (Lipinski definition) is 1. The quantitative estimate of drug-likeness (QED) is 0.829. The first-order valence-corrected chi connectivity index (χ1v) is 6.05. The second-order valence-electron chi connectivity index (χ2n) is 4.22. The summed E-state index contributed by atoms with van der Waals surface area (Å²) in [6, 6.07) is 5.38. The molecular formula is C12H12ClN3O2. The zero-order chi connectivity index (χ0) is 12.7. The van der Waals surface area contributed by atoms with Crippen molar-refractivity contribution in [3.63, 3.8) is 0 Å². The van der Waals surface area contributed by atoms with Crippen LogP contribution in [0.25, 0.3) is 10.9 Å². The summed E-state index contributed by atoms with van der Waals surface area (Å²) in [6.45, 7) is 1.49. The summed E-state index contributed by atoms with van der Waals surface area (Å²) in [5.41, 5.74) is 0.397. The molecule has 0 radical (unpaired) electrons. The van der Waals surface area contributed by atoms with Gasteiger partial charge >= 0.3 is 0 Å². The Labute approximate surface area is 108 Å². The standard InChI is InChI=1S/C12H12ClN3O2/c1-18-9-4-2-3-8-10(9)15-12(13)16(11(8)17)7-5-14-6-7/h2-4,7,14H,5-6H2,1H3. The van der Waals surface area contributed by atoms with Crippen molar-refractivity contribution in [1.82, 2.24) is 14.9 Å². The molecule has 3 rings (SSSR count). The molecular weight excluding hydrogens is 254 g/mol. The van der Waals surface area contributed by atoms with Crippen molar-refractivity contribution in [2.45, 2.75) is 6.04 Å². The van der Waals surface area contributed by atoms with Gasteiger partial charge in [0.05, 0.1) is 18.5 Å². The van der Waals surface area contributed by atoms with E-state index in [4.69, 9.17) is 16.3 Å². The third-order valence-electron chi connectivity index (χ3n) is 3.20. The first-order chi connectivity index (χ1) is 8.72. The van der Waals surface area contributed by atoms with Crippen LogP contribution in [0, 0.1) is 0 Å². The lowest BCUT2D eigenvalue weighted by Crippen LogP contribution is -2.47. The number of rotatable bonds is 2. The summed E-state index contributed by atoms with van der Waals surface area (Å²) in [5.74, 6) is 0.561. The fourth-order valence-electron chi connectivity index (χ4n) is 2.11. The van der Waals surface area contributed by atoms with Gasteiger partial charge in [-0.2, -0.15) is 0 Å². The number of fused-ring (bicyclic) bond motifs is 1. The summed E-state index contributed by atoms with van der Waals surface area (Å²) in [5, 5.41) is 3.86. The summed E-state index contributed by atoms with van der Waals surface area (Å²) in [7, 11) is 1.55. The highest BCUT2D eigenvalue weighted by Gasteiger charge is 2.24. The summed E-state index contributed by atoms with van der Waals surface area (Å²) < 4.78 is 6.74. The van der Waals surface area contributed by atoms with Crippen molar-refractivity contribution in [2.24, 2.45) is 0 Å². The molecule has 5 nitrogen and oxygen atoms in total. The van der Waals surface area contributed by atoms with Gasteiger partial charge in [0.1, 0.15) is 11.3 Å². The van der Waals surface area contributed by atoms with Crippen LogP contribution in [0.4, 0.5) is 0 Å². The van der Waals surface area contributed by atoms with Crippen molar-refractivity contribution in [1.29, 1.82) is 0 Å². The van der Waals surface area contributed by atoms with Crippen molar-refractivity contribution in [3.8, 4) is 5.75 Å². The molecule has 0 aliphatic carbocycles. The van der Waals surface area contributed by atoms with Gasteiger partial charge in [-0.15, -0.1) is 0 Å². The van der Waals surface area contributed by atoms with Gasteiger partial charge in [0.15, 0.2) is 0 Å². The molecule has 6 heteroatoms. The molecule has 0 unspecified atom stereocenters. The highest BCUT2D eigenvalue weighted by molar-refractivity contribution is 6.28. The van der Waals surface area contributed by atoms with Gasteiger partial charge in [-0.3, -0.25) is 9.36 Å². The molecule has 1 fully saturated rings. The van der Waals surface area contributed by atoms with Crippen molar-refractivity contribution >= 4 is 22.5 Å². The molecule has 1 aliphatic heterocycles. The predicted octanol–water partition coefficient (Wildman–Crippen LogP) is 1.20. The summed E-state index contributed by atoms with van der Waals surface area (Å²) in [4.78, 5) is 16.7. The van der Waals surface area contributed by atoms with E-state index in [0.29, 0.717) is 16.7 Å². The highest BCUT2D eigenvalue weighted by Crippen LogP contribution is 2.24. The Morgan fingerprint density at radius 1 is 1.50 bits per heavy atom. The van der Waals surface area contributed by atoms with Crippen molar-refractivity contribution in [3.05, 3.63) is 33.8 Å². The zero-order valence-corrected chi connectivity index (χ0v) is 10.6. The third kappa shape index (κ3) is 1.59. The van der Waals surface area contributed by atoms with E-state index in [-0.39, 0.29) is 16.9 Å². The molecule has 1 N–H and O–H groups in total. The van der Waals surface area contributed by atoms with Crippen molar-refractivity contribution < 1.29 is 4.74 Å². The van der Waals surface area contributed by atoms with E-state index < -0.39 is 0 Å². The van der Waals surface area contributed by atoms with Gasteiger partial charge in [0.2, 0.25) is 5.28 Å². The van der Waals surface area contributed by atoms with Gasteiger partial charge in [-0.05, 0) is 23.7 Å². The minimum absolute atomic E-state index is 0.0908. The predicted molar refractivity (Wildman–Crippen MR) is 69.5 cm³/mol. The Bertz CT molecular complexity index is 664. The molecule has 0 spiro atoms. The zero-order valence-electron chi connectivity index (χ0n) is 9.81. The molecule has 1 aromatic heterocycles. The maximum absolute atomic E-state index is 12.4. The molecule has 0 amide bonds. The molecule has 0 saturated carbocycles. The normalized spacial score (nSPS) is 15.7. The monoisotopic (exact) mass is 265 g/mol. The van der Waals surface area contributed by atoms with E-state index >= 15 is 0 Å². The van der Waals surface area contributed by atoms with E-state index in [1.807, 2.05) is 0 Å². The van der Waals surface area contributed by atoms with Crippen LogP contribution in [0.2, 0.25) is 5.28 Å². The van der Waals surface area contributed by atoms with Crippen LogP contribution >= 0.6 is 11.6 Å².